The van der Waals surface area contributed by atoms with Gasteiger partial charge in [0.2, 0.25) is 0 Å². The van der Waals surface area contributed by atoms with Crippen molar-refractivity contribution >= 4 is 40.5 Å². The molecule has 0 aliphatic carbocycles. The smallest absolute Gasteiger partial charge is 0.332 e. The van der Waals surface area contributed by atoms with Crippen LogP contribution in [-0.4, -0.2) is 35.5 Å². The van der Waals surface area contributed by atoms with Gasteiger partial charge in [-0.2, -0.15) is 0 Å². The van der Waals surface area contributed by atoms with E-state index in [0.29, 0.717) is 10.2 Å². The van der Waals surface area contributed by atoms with Crippen molar-refractivity contribution in [3.63, 3.8) is 0 Å². The number of rotatable bonds is 6. The zero-order chi connectivity index (χ0) is 19.7. The summed E-state index contributed by atoms with van der Waals surface area (Å²) in [5, 5.41) is 9.88. The maximum Gasteiger partial charge on any atom is 0.332 e. The molecule has 0 saturated heterocycles. The van der Waals surface area contributed by atoms with E-state index in [-0.39, 0.29) is 29.9 Å². The number of benzene rings is 1. The van der Waals surface area contributed by atoms with Crippen LogP contribution in [0.15, 0.2) is 39.0 Å². The van der Waals surface area contributed by atoms with Crippen LogP contribution in [0.4, 0.5) is 0 Å². The Balaban J connectivity index is 2.20. The Kier molecular flexibility index (Phi) is 5.43. The lowest BCUT2D eigenvalue weighted by molar-refractivity contribution is -0.136. The van der Waals surface area contributed by atoms with E-state index >= 15 is 0 Å². The fraction of sp³-hybridized carbons (Fsp3) is 0.294. The number of aromatic nitrogens is 4. The molecule has 0 bridgehead atoms. The van der Waals surface area contributed by atoms with Gasteiger partial charge in [-0.05, 0) is 11.6 Å². The fourth-order valence-corrected chi connectivity index (χ4v) is 3.83. The summed E-state index contributed by atoms with van der Waals surface area (Å²) >= 11 is 7.48. The number of nitrogens with zero attached hydrogens (tertiary/aromatic N) is 4. The molecule has 142 valence electrons. The first-order valence-electron chi connectivity index (χ1n) is 8.05. The molecule has 3 aromatic rings. The van der Waals surface area contributed by atoms with Crippen molar-refractivity contribution in [3.05, 3.63) is 55.7 Å². The maximum atomic E-state index is 12.7. The second-order valence-corrected chi connectivity index (χ2v) is 7.41. The number of aryl methyl sites for hydroxylation is 1. The largest absolute Gasteiger partial charge is 0.481 e. The van der Waals surface area contributed by atoms with Crippen LogP contribution in [0.3, 0.4) is 0 Å². The maximum absolute atomic E-state index is 12.7. The molecule has 0 aliphatic rings. The Morgan fingerprint density at radius 2 is 1.93 bits per heavy atom. The second kappa shape index (κ2) is 7.61. The Hall–Kier alpha value is -2.52. The molecule has 0 radical (unpaired) electrons. The number of carboxylic acid groups (broad SMARTS) is 1. The SMILES string of the molecule is Cn1c(=O)c2c(nc(SCCC(=O)O)n2Cc2ccccc2Cl)n(C)c1=O. The zero-order valence-electron chi connectivity index (χ0n) is 14.7. The van der Waals surface area contributed by atoms with Gasteiger partial charge in [-0.25, -0.2) is 9.78 Å². The predicted octanol–water partition coefficient (Wildman–Crippen LogP) is 1.70. The number of halogens is 1. The fourth-order valence-electron chi connectivity index (χ4n) is 2.71. The van der Waals surface area contributed by atoms with Gasteiger partial charge in [-0.3, -0.25) is 18.7 Å². The number of fused-ring (bicyclic) bond motifs is 1. The van der Waals surface area contributed by atoms with Crippen LogP contribution in [0.2, 0.25) is 5.02 Å². The van der Waals surface area contributed by atoms with E-state index in [1.807, 2.05) is 18.2 Å². The van der Waals surface area contributed by atoms with E-state index in [9.17, 15) is 14.4 Å². The summed E-state index contributed by atoms with van der Waals surface area (Å²) < 4.78 is 4.02. The quantitative estimate of drug-likeness (QED) is 0.623. The molecule has 0 aliphatic heterocycles. The van der Waals surface area contributed by atoms with Crippen molar-refractivity contribution in [1.82, 2.24) is 18.7 Å². The predicted molar refractivity (Wildman–Crippen MR) is 104 cm³/mol. The average Bonchev–Trinajstić information content (AvgIpc) is 2.98. The average molecular weight is 409 g/mol. The van der Waals surface area contributed by atoms with Gasteiger partial charge in [0.05, 0.1) is 13.0 Å². The van der Waals surface area contributed by atoms with Gasteiger partial charge in [-0.1, -0.05) is 41.6 Å². The molecule has 0 fully saturated rings. The Morgan fingerprint density at radius 1 is 1.22 bits per heavy atom. The minimum atomic E-state index is -0.917. The first kappa shape index (κ1) is 19.2. The van der Waals surface area contributed by atoms with Crippen LogP contribution in [0, 0.1) is 0 Å². The van der Waals surface area contributed by atoms with E-state index in [0.717, 1.165) is 10.1 Å². The van der Waals surface area contributed by atoms with Crippen LogP contribution < -0.4 is 11.2 Å². The third-order valence-electron chi connectivity index (χ3n) is 4.15. The topological polar surface area (TPSA) is 99.1 Å². The van der Waals surface area contributed by atoms with E-state index in [1.165, 1.54) is 23.4 Å². The van der Waals surface area contributed by atoms with Gasteiger partial charge in [0.25, 0.3) is 5.56 Å². The molecule has 0 spiro atoms. The van der Waals surface area contributed by atoms with Gasteiger partial charge in [0.15, 0.2) is 16.3 Å². The van der Waals surface area contributed by atoms with Crippen LogP contribution in [0.25, 0.3) is 11.2 Å². The number of aliphatic carboxylic acids is 1. The lowest BCUT2D eigenvalue weighted by atomic mass is 10.2. The third kappa shape index (κ3) is 3.65. The summed E-state index contributed by atoms with van der Waals surface area (Å²) in [7, 11) is 2.96. The lowest BCUT2D eigenvalue weighted by Crippen LogP contribution is -2.37. The molecule has 2 heterocycles. The third-order valence-corrected chi connectivity index (χ3v) is 5.49. The molecule has 10 heteroatoms. The number of carbonyl (C=O) groups is 1. The summed E-state index contributed by atoms with van der Waals surface area (Å²) in [5.41, 5.74) is 0.384. The molecule has 0 atom stereocenters. The minimum Gasteiger partial charge on any atom is -0.481 e. The van der Waals surface area contributed by atoms with Gasteiger partial charge in [0, 0.05) is 24.9 Å². The van der Waals surface area contributed by atoms with Crippen molar-refractivity contribution in [1.29, 1.82) is 0 Å². The number of carboxylic acids is 1. The van der Waals surface area contributed by atoms with Crippen molar-refractivity contribution in [3.8, 4) is 0 Å². The number of thioether (sulfide) groups is 1. The van der Waals surface area contributed by atoms with E-state index in [4.69, 9.17) is 16.7 Å². The van der Waals surface area contributed by atoms with Crippen molar-refractivity contribution in [2.75, 3.05) is 5.75 Å². The molecule has 1 N–H and O–H groups in total. The van der Waals surface area contributed by atoms with Gasteiger partial charge in [-0.15, -0.1) is 0 Å². The molecule has 0 saturated carbocycles. The van der Waals surface area contributed by atoms with Gasteiger partial charge >= 0.3 is 11.7 Å². The highest BCUT2D eigenvalue weighted by Crippen LogP contribution is 2.25. The molecule has 0 amide bonds. The zero-order valence-corrected chi connectivity index (χ0v) is 16.3. The summed E-state index contributed by atoms with van der Waals surface area (Å²) in [5.74, 6) is -0.630. The summed E-state index contributed by atoms with van der Waals surface area (Å²) in [4.78, 5) is 40.2. The molecular formula is C17H17ClN4O4S. The highest BCUT2D eigenvalue weighted by Gasteiger charge is 2.20. The molecular weight excluding hydrogens is 392 g/mol. The van der Waals surface area contributed by atoms with E-state index < -0.39 is 17.2 Å². The summed E-state index contributed by atoms with van der Waals surface area (Å²) in [6.07, 6.45) is -0.0447. The van der Waals surface area contributed by atoms with Crippen LogP contribution >= 0.6 is 23.4 Å². The molecule has 27 heavy (non-hydrogen) atoms. The normalized spacial score (nSPS) is 11.2. The number of hydrogen-bond acceptors (Lipinski definition) is 5. The summed E-state index contributed by atoms with van der Waals surface area (Å²) in [6.45, 7) is 0.277. The second-order valence-electron chi connectivity index (χ2n) is 5.94. The summed E-state index contributed by atoms with van der Waals surface area (Å²) in [6, 6.07) is 7.24. The first-order valence-corrected chi connectivity index (χ1v) is 9.42. The van der Waals surface area contributed by atoms with Crippen LogP contribution in [0.1, 0.15) is 12.0 Å². The van der Waals surface area contributed by atoms with E-state index in [2.05, 4.69) is 4.98 Å². The molecule has 3 rings (SSSR count). The van der Waals surface area contributed by atoms with Crippen molar-refractivity contribution in [2.45, 2.75) is 18.1 Å². The number of imidazole rings is 1. The van der Waals surface area contributed by atoms with E-state index in [1.54, 1.807) is 17.7 Å². The highest BCUT2D eigenvalue weighted by atomic mass is 35.5. The molecule has 0 unspecified atom stereocenters. The van der Waals surface area contributed by atoms with Crippen LogP contribution in [0.5, 0.6) is 0 Å². The number of hydrogen-bond donors (Lipinski definition) is 1. The van der Waals surface area contributed by atoms with Gasteiger partial charge < -0.3 is 9.67 Å². The monoisotopic (exact) mass is 408 g/mol. The molecule has 8 nitrogen and oxygen atoms in total. The Labute approximate surface area is 163 Å². The van der Waals surface area contributed by atoms with Crippen molar-refractivity contribution < 1.29 is 9.90 Å². The molecule has 1 aromatic carbocycles. The Bertz CT molecular complexity index is 1150. The molecule has 2 aromatic heterocycles. The minimum absolute atomic E-state index is 0.0447. The first-order chi connectivity index (χ1) is 12.8. The van der Waals surface area contributed by atoms with Crippen LogP contribution in [-0.2, 0) is 25.4 Å². The Morgan fingerprint density at radius 3 is 2.59 bits per heavy atom. The highest BCUT2D eigenvalue weighted by molar-refractivity contribution is 7.99. The standard InChI is InChI=1S/C17H17ClN4O4S/c1-20-14-13(15(25)21(2)17(20)26)22(9-10-5-3-4-6-11(10)18)16(19-14)27-8-7-12(23)24/h3-6H,7-9H2,1-2H3,(H,23,24). The lowest BCUT2D eigenvalue weighted by Gasteiger charge is -2.10. The van der Waals surface area contributed by atoms with Gasteiger partial charge in [0.1, 0.15) is 0 Å². The van der Waals surface area contributed by atoms with Crippen molar-refractivity contribution in [2.24, 2.45) is 14.1 Å².